The number of carbonyl (C=O) groups excluding carboxylic acids is 1. The lowest BCUT2D eigenvalue weighted by Crippen LogP contribution is -2.02. The first-order valence-electron chi connectivity index (χ1n) is 2.88. The fourth-order valence-corrected chi connectivity index (χ4v) is 1.07. The highest BCUT2D eigenvalue weighted by Gasteiger charge is 2.02. The topological polar surface area (TPSA) is 67.9 Å². The van der Waals surface area contributed by atoms with Crippen molar-refractivity contribution < 1.29 is 9.53 Å². The lowest BCUT2D eigenvalue weighted by Gasteiger charge is -1.93. The lowest BCUT2D eigenvalue weighted by molar-refractivity contribution is -0.137. The summed E-state index contributed by atoms with van der Waals surface area (Å²) < 4.78 is 4.43. The molecule has 0 unspecified atom stereocenters. The maximum atomic E-state index is 10.6. The second kappa shape index (κ2) is 3.97. The summed E-state index contributed by atoms with van der Waals surface area (Å²) in [6, 6.07) is 0. The first kappa shape index (κ1) is 8.06. The minimum absolute atomic E-state index is 0.266. The molecule has 0 radical (unpaired) electrons. The van der Waals surface area contributed by atoms with Gasteiger partial charge in [-0.3, -0.25) is 4.79 Å². The number of H-pyrrole nitrogens is 1. The molecule has 1 aromatic heterocycles. The van der Waals surface area contributed by atoms with Crippen LogP contribution in [0, 0.1) is 0 Å². The van der Waals surface area contributed by atoms with Crippen LogP contribution in [0.4, 0.5) is 0 Å². The molecule has 0 fully saturated rings. The summed E-state index contributed by atoms with van der Waals surface area (Å²) >= 11 is 1.28. The van der Waals surface area contributed by atoms with Gasteiger partial charge in [-0.25, -0.2) is 0 Å². The molecule has 0 aliphatic rings. The van der Waals surface area contributed by atoms with E-state index in [1.807, 2.05) is 0 Å². The number of ether oxygens (including phenoxy) is 1. The number of hydrogen-bond donors (Lipinski definition) is 1. The zero-order valence-corrected chi connectivity index (χ0v) is 6.72. The summed E-state index contributed by atoms with van der Waals surface area (Å²) in [5, 5.41) is 10.4. The molecule has 0 atom stereocenters. The number of methoxy groups -OCH3 is 1. The molecule has 1 heterocycles. The number of rotatable bonds is 3. The molecule has 1 rings (SSSR count). The fraction of sp³-hybridized carbons (Fsp3) is 0.400. The lowest BCUT2D eigenvalue weighted by atomic mass is 10.8. The van der Waals surface area contributed by atoms with Crippen LogP contribution < -0.4 is 0 Å². The van der Waals surface area contributed by atoms with Crippen LogP contribution in [-0.4, -0.2) is 34.2 Å². The Kier molecular flexibility index (Phi) is 2.91. The van der Waals surface area contributed by atoms with Gasteiger partial charge in [0.2, 0.25) is 0 Å². The first-order chi connectivity index (χ1) is 5.33. The second-order valence-corrected chi connectivity index (χ2v) is 2.67. The number of nitrogens with one attached hydrogen (secondary N) is 1. The molecular formula is C5H7N3O2S. The zero-order valence-electron chi connectivity index (χ0n) is 5.90. The molecule has 0 amide bonds. The predicted molar refractivity (Wildman–Crippen MR) is 39.1 cm³/mol. The van der Waals surface area contributed by atoms with Gasteiger partial charge >= 0.3 is 5.97 Å². The molecule has 6 heteroatoms. The molecular weight excluding hydrogens is 166 g/mol. The van der Waals surface area contributed by atoms with Gasteiger partial charge in [0, 0.05) is 0 Å². The molecule has 60 valence electrons. The number of nitrogens with zero attached hydrogens (tertiary/aromatic N) is 2. The summed E-state index contributed by atoms with van der Waals surface area (Å²) in [4.78, 5) is 10.6. The smallest absolute Gasteiger partial charge is 0.316 e. The number of aromatic amines is 1. The van der Waals surface area contributed by atoms with Crippen molar-refractivity contribution in [1.29, 1.82) is 0 Å². The summed E-state index contributed by atoms with van der Waals surface area (Å²) in [5.74, 6) is 0.00116. The van der Waals surface area contributed by atoms with E-state index in [2.05, 4.69) is 20.1 Å². The zero-order chi connectivity index (χ0) is 8.10. The molecule has 1 aromatic rings. The molecule has 0 aliphatic heterocycles. The van der Waals surface area contributed by atoms with Crippen molar-refractivity contribution in [1.82, 2.24) is 15.4 Å². The highest BCUT2D eigenvalue weighted by atomic mass is 32.2. The number of thioether (sulfide) groups is 1. The predicted octanol–water partition coefficient (Wildman–Crippen LogP) is 0.0698. The van der Waals surface area contributed by atoms with Crippen LogP contribution in [0.25, 0.3) is 0 Å². The van der Waals surface area contributed by atoms with Crippen molar-refractivity contribution in [3.05, 3.63) is 6.20 Å². The Morgan fingerprint density at radius 3 is 3.27 bits per heavy atom. The average Bonchev–Trinajstić information content (AvgIpc) is 2.52. The van der Waals surface area contributed by atoms with Crippen LogP contribution >= 0.6 is 11.8 Å². The number of aromatic nitrogens is 3. The maximum Gasteiger partial charge on any atom is 0.316 e. The van der Waals surface area contributed by atoms with E-state index in [0.29, 0.717) is 5.03 Å². The summed E-state index contributed by atoms with van der Waals surface area (Å²) in [5.41, 5.74) is 0. The molecule has 0 saturated carbocycles. The van der Waals surface area contributed by atoms with Crippen LogP contribution in [0.5, 0.6) is 0 Å². The quantitative estimate of drug-likeness (QED) is 0.517. The summed E-state index contributed by atoms with van der Waals surface area (Å²) in [6.45, 7) is 0. The molecule has 0 saturated heterocycles. The van der Waals surface area contributed by atoms with Crippen molar-refractivity contribution in [3.8, 4) is 0 Å². The number of esters is 1. The fourth-order valence-electron chi connectivity index (χ4n) is 0.452. The van der Waals surface area contributed by atoms with Gasteiger partial charge in [0.05, 0.1) is 19.1 Å². The Morgan fingerprint density at radius 1 is 1.91 bits per heavy atom. The van der Waals surface area contributed by atoms with Crippen molar-refractivity contribution >= 4 is 17.7 Å². The second-order valence-electron chi connectivity index (χ2n) is 1.67. The highest BCUT2D eigenvalue weighted by molar-refractivity contribution is 7.99. The highest BCUT2D eigenvalue weighted by Crippen LogP contribution is 2.11. The third-order valence-corrected chi connectivity index (χ3v) is 1.83. The molecule has 0 bridgehead atoms. The largest absolute Gasteiger partial charge is 0.468 e. The van der Waals surface area contributed by atoms with Gasteiger partial charge in [-0.05, 0) is 0 Å². The van der Waals surface area contributed by atoms with Gasteiger partial charge in [-0.1, -0.05) is 11.8 Å². The summed E-state index contributed by atoms with van der Waals surface area (Å²) in [7, 11) is 1.35. The normalized spacial score (nSPS) is 9.55. The van der Waals surface area contributed by atoms with Crippen LogP contribution in [0.1, 0.15) is 0 Å². The van der Waals surface area contributed by atoms with Gasteiger partial charge in [0.25, 0.3) is 0 Å². The Morgan fingerprint density at radius 2 is 2.73 bits per heavy atom. The summed E-state index contributed by atoms with van der Waals surface area (Å²) in [6.07, 6.45) is 1.55. The maximum absolute atomic E-state index is 10.6. The average molecular weight is 173 g/mol. The molecule has 5 nitrogen and oxygen atoms in total. The third kappa shape index (κ3) is 2.58. The number of hydrogen-bond acceptors (Lipinski definition) is 5. The van der Waals surface area contributed by atoms with Crippen LogP contribution in [-0.2, 0) is 9.53 Å². The van der Waals surface area contributed by atoms with Crippen molar-refractivity contribution in [3.63, 3.8) is 0 Å². The minimum atomic E-state index is -0.266. The monoisotopic (exact) mass is 173 g/mol. The van der Waals surface area contributed by atoms with Crippen molar-refractivity contribution in [2.24, 2.45) is 0 Å². The standard InChI is InChI=1S/C5H7N3O2S/c1-10-5(9)3-11-4-2-6-8-7-4/h2H,3H2,1H3,(H,6,7,8). The Hall–Kier alpha value is -1.04. The van der Waals surface area contributed by atoms with Crippen LogP contribution in [0.15, 0.2) is 11.2 Å². The van der Waals surface area contributed by atoms with E-state index < -0.39 is 0 Å². The van der Waals surface area contributed by atoms with Gasteiger partial charge < -0.3 is 4.74 Å². The molecule has 0 aliphatic carbocycles. The van der Waals surface area contributed by atoms with Crippen LogP contribution in [0.3, 0.4) is 0 Å². The van der Waals surface area contributed by atoms with Gasteiger partial charge in [0.15, 0.2) is 0 Å². The molecule has 0 spiro atoms. The van der Waals surface area contributed by atoms with Crippen molar-refractivity contribution in [2.75, 3.05) is 12.9 Å². The third-order valence-electron chi connectivity index (χ3n) is 0.958. The Labute approximate surface area is 67.5 Å². The van der Waals surface area contributed by atoms with Gasteiger partial charge in [-0.15, -0.1) is 5.10 Å². The first-order valence-corrected chi connectivity index (χ1v) is 3.87. The van der Waals surface area contributed by atoms with E-state index in [4.69, 9.17) is 0 Å². The van der Waals surface area contributed by atoms with Crippen LogP contribution in [0.2, 0.25) is 0 Å². The van der Waals surface area contributed by atoms with E-state index in [1.165, 1.54) is 18.9 Å². The Balaban J connectivity index is 2.29. The molecule has 11 heavy (non-hydrogen) atoms. The van der Waals surface area contributed by atoms with E-state index in [-0.39, 0.29) is 11.7 Å². The van der Waals surface area contributed by atoms with E-state index in [9.17, 15) is 4.79 Å². The van der Waals surface area contributed by atoms with E-state index in [0.717, 1.165) is 0 Å². The van der Waals surface area contributed by atoms with Crippen molar-refractivity contribution in [2.45, 2.75) is 5.03 Å². The molecule has 0 aromatic carbocycles. The Bertz CT molecular complexity index is 224. The van der Waals surface area contributed by atoms with E-state index >= 15 is 0 Å². The van der Waals surface area contributed by atoms with Gasteiger partial charge in [0.1, 0.15) is 5.03 Å². The number of carbonyl (C=O) groups is 1. The SMILES string of the molecule is COC(=O)CSc1cn[nH]n1. The minimum Gasteiger partial charge on any atom is -0.468 e. The molecule has 1 N–H and O–H groups in total. The van der Waals surface area contributed by atoms with Gasteiger partial charge in [-0.2, -0.15) is 10.3 Å². The van der Waals surface area contributed by atoms with E-state index in [1.54, 1.807) is 6.20 Å².